The van der Waals surface area contributed by atoms with Gasteiger partial charge in [-0.1, -0.05) is 49.5 Å². The first kappa shape index (κ1) is 14.5. The molecule has 104 valence electrons. The topological polar surface area (TPSA) is 55.1 Å². The molecule has 0 aliphatic carbocycles. The normalized spacial score (nSPS) is 13.7. The number of thiocarbonyl (C=S) groups is 1. The van der Waals surface area contributed by atoms with Crippen LogP contribution >= 0.6 is 12.2 Å². The fourth-order valence-electron chi connectivity index (χ4n) is 1.98. The van der Waals surface area contributed by atoms with Crippen molar-refractivity contribution in [1.82, 2.24) is 5.32 Å². The number of hydrogen-bond acceptors (Lipinski definition) is 2. The Kier molecular flexibility index (Phi) is 4.04. The summed E-state index contributed by atoms with van der Waals surface area (Å²) in [6.07, 6.45) is 0.654. The van der Waals surface area contributed by atoms with Crippen molar-refractivity contribution in [3.8, 4) is 0 Å². The van der Waals surface area contributed by atoms with Gasteiger partial charge in [0, 0.05) is 5.56 Å². The molecule has 1 unspecified atom stereocenters. The molecule has 2 aromatic carbocycles. The van der Waals surface area contributed by atoms with Crippen LogP contribution in [0.2, 0.25) is 0 Å². The predicted molar refractivity (Wildman–Crippen MR) is 86.9 cm³/mol. The Morgan fingerprint density at radius 2 is 1.90 bits per heavy atom. The predicted octanol–water partition coefficient (Wildman–Crippen LogP) is 3.02. The van der Waals surface area contributed by atoms with Gasteiger partial charge in [0.2, 0.25) is 0 Å². The third-order valence-corrected chi connectivity index (χ3v) is 4.10. The molecule has 3 N–H and O–H groups in total. The van der Waals surface area contributed by atoms with E-state index in [1.54, 1.807) is 0 Å². The molecule has 0 aliphatic rings. The Balaban J connectivity index is 2.29. The number of fused-ring (bicyclic) bond motifs is 1. The first-order chi connectivity index (χ1) is 9.46. The largest absolute Gasteiger partial charge is 0.391 e. The van der Waals surface area contributed by atoms with Gasteiger partial charge >= 0.3 is 0 Å². The summed E-state index contributed by atoms with van der Waals surface area (Å²) in [5.74, 6) is -0.159. The van der Waals surface area contributed by atoms with E-state index in [-0.39, 0.29) is 5.91 Å². The summed E-state index contributed by atoms with van der Waals surface area (Å²) in [5, 5.41) is 5.06. The number of benzene rings is 2. The molecule has 0 aliphatic heterocycles. The van der Waals surface area contributed by atoms with Gasteiger partial charge in [-0.05, 0) is 36.2 Å². The van der Waals surface area contributed by atoms with Crippen LogP contribution < -0.4 is 11.1 Å². The molecule has 2 aromatic rings. The maximum absolute atomic E-state index is 12.3. The highest BCUT2D eigenvalue weighted by molar-refractivity contribution is 7.80. The van der Waals surface area contributed by atoms with Crippen molar-refractivity contribution >= 4 is 33.9 Å². The number of amides is 1. The molecule has 0 bridgehead atoms. The van der Waals surface area contributed by atoms with E-state index in [1.807, 2.05) is 56.3 Å². The van der Waals surface area contributed by atoms with Crippen LogP contribution in [0.1, 0.15) is 30.6 Å². The van der Waals surface area contributed by atoms with Gasteiger partial charge in [-0.3, -0.25) is 4.79 Å². The van der Waals surface area contributed by atoms with Gasteiger partial charge in [-0.2, -0.15) is 0 Å². The van der Waals surface area contributed by atoms with Gasteiger partial charge in [-0.25, -0.2) is 0 Å². The zero-order valence-electron chi connectivity index (χ0n) is 11.6. The molecule has 0 saturated carbocycles. The van der Waals surface area contributed by atoms with Crippen LogP contribution in [-0.4, -0.2) is 16.4 Å². The number of rotatable bonds is 4. The zero-order chi connectivity index (χ0) is 14.8. The van der Waals surface area contributed by atoms with Crippen molar-refractivity contribution in [2.45, 2.75) is 25.8 Å². The first-order valence-corrected chi connectivity index (χ1v) is 6.98. The molecule has 0 spiro atoms. The molecule has 1 atom stereocenters. The molecule has 2 rings (SSSR count). The molecule has 0 fully saturated rings. The molecule has 0 heterocycles. The van der Waals surface area contributed by atoms with Crippen LogP contribution in [0.4, 0.5) is 0 Å². The van der Waals surface area contributed by atoms with Crippen molar-refractivity contribution in [2.75, 3.05) is 0 Å². The highest BCUT2D eigenvalue weighted by Gasteiger charge is 2.27. The Morgan fingerprint density at radius 1 is 1.25 bits per heavy atom. The Bertz CT molecular complexity index is 668. The van der Waals surface area contributed by atoms with Gasteiger partial charge in [0.05, 0.1) is 10.5 Å². The van der Waals surface area contributed by atoms with Gasteiger partial charge in [-0.15, -0.1) is 0 Å². The van der Waals surface area contributed by atoms with Crippen LogP contribution in [0, 0.1) is 0 Å². The summed E-state index contributed by atoms with van der Waals surface area (Å²) in [6.45, 7) is 3.79. The fourth-order valence-corrected chi connectivity index (χ4v) is 2.17. The molecular formula is C16H18N2OS. The summed E-state index contributed by atoms with van der Waals surface area (Å²) < 4.78 is 0. The molecule has 0 aromatic heterocycles. The quantitative estimate of drug-likeness (QED) is 0.849. The minimum absolute atomic E-state index is 0.159. The second-order valence-corrected chi connectivity index (χ2v) is 5.51. The van der Waals surface area contributed by atoms with E-state index in [1.165, 1.54) is 0 Å². The van der Waals surface area contributed by atoms with E-state index in [0.29, 0.717) is 17.0 Å². The molecule has 0 saturated heterocycles. The SMILES string of the molecule is CCC(C)(NC(=O)c1ccc2ccccc2c1)C(N)=S. The Labute approximate surface area is 124 Å². The van der Waals surface area contributed by atoms with Gasteiger partial charge in [0.15, 0.2) is 0 Å². The molecule has 20 heavy (non-hydrogen) atoms. The van der Waals surface area contributed by atoms with E-state index in [2.05, 4.69) is 5.32 Å². The number of nitrogens with two attached hydrogens (primary N) is 1. The maximum Gasteiger partial charge on any atom is 0.252 e. The lowest BCUT2D eigenvalue weighted by atomic mass is 9.98. The van der Waals surface area contributed by atoms with Gasteiger partial charge < -0.3 is 11.1 Å². The van der Waals surface area contributed by atoms with Crippen LogP contribution in [-0.2, 0) is 0 Å². The Morgan fingerprint density at radius 3 is 2.50 bits per heavy atom. The van der Waals surface area contributed by atoms with Gasteiger partial charge in [0.1, 0.15) is 0 Å². The zero-order valence-corrected chi connectivity index (χ0v) is 12.5. The van der Waals surface area contributed by atoms with E-state index in [9.17, 15) is 4.79 Å². The van der Waals surface area contributed by atoms with Crippen molar-refractivity contribution in [2.24, 2.45) is 5.73 Å². The maximum atomic E-state index is 12.3. The third kappa shape index (κ3) is 2.80. The number of nitrogens with one attached hydrogen (secondary N) is 1. The molecule has 1 amide bonds. The lowest BCUT2D eigenvalue weighted by molar-refractivity contribution is 0.0926. The van der Waals surface area contributed by atoms with E-state index >= 15 is 0 Å². The standard InChI is InChI=1S/C16H18N2OS/c1-3-16(2,15(17)20)18-14(19)13-9-8-11-6-4-5-7-12(11)10-13/h4-10H,3H2,1-2H3,(H2,17,20)(H,18,19). The second kappa shape index (κ2) is 5.59. The summed E-state index contributed by atoms with van der Waals surface area (Å²) in [6, 6.07) is 13.6. The van der Waals surface area contributed by atoms with Crippen LogP contribution in [0.5, 0.6) is 0 Å². The minimum Gasteiger partial charge on any atom is -0.391 e. The van der Waals surface area contributed by atoms with Crippen molar-refractivity contribution in [3.63, 3.8) is 0 Å². The van der Waals surface area contributed by atoms with Crippen molar-refractivity contribution in [1.29, 1.82) is 0 Å². The summed E-state index contributed by atoms with van der Waals surface area (Å²) in [7, 11) is 0. The number of hydrogen-bond donors (Lipinski definition) is 2. The first-order valence-electron chi connectivity index (χ1n) is 6.57. The van der Waals surface area contributed by atoms with Crippen molar-refractivity contribution in [3.05, 3.63) is 48.0 Å². The van der Waals surface area contributed by atoms with E-state index in [0.717, 1.165) is 10.8 Å². The number of carbonyl (C=O) groups excluding carboxylic acids is 1. The van der Waals surface area contributed by atoms with Crippen molar-refractivity contribution < 1.29 is 4.79 Å². The summed E-state index contributed by atoms with van der Waals surface area (Å²) in [4.78, 5) is 12.6. The second-order valence-electron chi connectivity index (χ2n) is 5.07. The van der Waals surface area contributed by atoms with E-state index in [4.69, 9.17) is 18.0 Å². The third-order valence-electron chi connectivity index (χ3n) is 3.65. The van der Waals surface area contributed by atoms with Crippen LogP contribution in [0.3, 0.4) is 0 Å². The highest BCUT2D eigenvalue weighted by Crippen LogP contribution is 2.17. The average molecular weight is 286 g/mol. The molecule has 3 nitrogen and oxygen atoms in total. The Hall–Kier alpha value is -1.94. The summed E-state index contributed by atoms with van der Waals surface area (Å²) >= 11 is 5.04. The van der Waals surface area contributed by atoms with E-state index < -0.39 is 5.54 Å². The summed E-state index contributed by atoms with van der Waals surface area (Å²) in [5.41, 5.74) is 5.67. The monoisotopic (exact) mass is 286 g/mol. The van der Waals surface area contributed by atoms with Crippen LogP contribution in [0.15, 0.2) is 42.5 Å². The highest BCUT2D eigenvalue weighted by atomic mass is 32.1. The minimum atomic E-state index is -0.655. The van der Waals surface area contributed by atoms with Crippen LogP contribution in [0.25, 0.3) is 10.8 Å². The fraction of sp³-hybridized carbons (Fsp3) is 0.250. The smallest absolute Gasteiger partial charge is 0.252 e. The number of carbonyl (C=O) groups is 1. The average Bonchev–Trinajstić information content (AvgIpc) is 2.46. The molecular weight excluding hydrogens is 268 g/mol. The lowest BCUT2D eigenvalue weighted by Gasteiger charge is -2.28. The molecule has 0 radical (unpaired) electrons. The lowest BCUT2D eigenvalue weighted by Crippen LogP contribution is -2.54. The molecule has 4 heteroatoms. The van der Waals surface area contributed by atoms with Gasteiger partial charge in [0.25, 0.3) is 5.91 Å².